The quantitative estimate of drug-likeness (QED) is 0.702. The van der Waals surface area contributed by atoms with Gasteiger partial charge in [0, 0.05) is 38.9 Å². The van der Waals surface area contributed by atoms with Crippen molar-refractivity contribution in [3.63, 3.8) is 0 Å². The Bertz CT molecular complexity index is 769. The number of hydrogen-bond donors (Lipinski definition) is 0. The van der Waals surface area contributed by atoms with Crippen molar-refractivity contribution in [2.24, 2.45) is 0 Å². The Hall–Kier alpha value is -2.06. The maximum Gasteiger partial charge on any atom is 0.417 e. The van der Waals surface area contributed by atoms with Gasteiger partial charge in [0.2, 0.25) is 5.91 Å². The third-order valence-electron chi connectivity index (χ3n) is 4.60. The van der Waals surface area contributed by atoms with Crippen LogP contribution in [0.25, 0.3) is 0 Å². The van der Waals surface area contributed by atoms with Gasteiger partial charge in [0.25, 0.3) is 0 Å². The lowest BCUT2D eigenvalue weighted by molar-refractivity contribution is -0.138. The first kappa shape index (κ1) is 20.7. The molecule has 0 radical (unpaired) electrons. The van der Waals surface area contributed by atoms with E-state index in [4.69, 9.17) is 0 Å². The lowest BCUT2D eigenvalue weighted by Crippen LogP contribution is -2.36. The van der Waals surface area contributed by atoms with Crippen LogP contribution in [0.1, 0.15) is 17.5 Å². The molecule has 0 bridgehead atoms. The molecule has 8 heteroatoms. The molecular formula is C20H22F3N3OS. The van der Waals surface area contributed by atoms with Gasteiger partial charge in [-0.1, -0.05) is 42.1 Å². The second-order valence-electron chi connectivity index (χ2n) is 6.67. The molecular weight excluding hydrogens is 387 g/mol. The average Bonchev–Trinajstić information content (AvgIpc) is 2.92. The van der Waals surface area contributed by atoms with Crippen molar-refractivity contribution in [2.75, 3.05) is 31.9 Å². The molecule has 2 heterocycles. The van der Waals surface area contributed by atoms with Crippen molar-refractivity contribution >= 4 is 17.7 Å². The van der Waals surface area contributed by atoms with Crippen molar-refractivity contribution in [3.05, 3.63) is 59.8 Å². The Kier molecular flexibility index (Phi) is 6.96. The number of carbonyl (C=O) groups is 1. The number of hydrogen-bond acceptors (Lipinski definition) is 4. The SMILES string of the molecule is O=C(CSc1ccc(C(F)(F)F)cn1)N1CCCN(Cc2ccccc2)CC1. The van der Waals surface area contributed by atoms with E-state index in [9.17, 15) is 18.0 Å². The smallest absolute Gasteiger partial charge is 0.341 e. The monoisotopic (exact) mass is 409 g/mol. The normalized spacial score (nSPS) is 16.0. The zero-order valence-corrected chi connectivity index (χ0v) is 16.2. The first-order valence-corrected chi connectivity index (χ1v) is 10.1. The highest BCUT2D eigenvalue weighted by molar-refractivity contribution is 7.99. The number of alkyl halides is 3. The summed E-state index contributed by atoms with van der Waals surface area (Å²) in [5, 5.41) is 0.418. The lowest BCUT2D eigenvalue weighted by Gasteiger charge is -2.22. The summed E-state index contributed by atoms with van der Waals surface area (Å²) in [5.41, 5.74) is 0.473. The Morgan fingerprint density at radius 3 is 2.50 bits per heavy atom. The van der Waals surface area contributed by atoms with E-state index in [-0.39, 0.29) is 11.7 Å². The number of nitrogens with zero attached hydrogens (tertiary/aromatic N) is 3. The van der Waals surface area contributed by atoms with E-state index >= 15 is 0 Å². The van der Waals surface area contributed by atoms with Crippen LogP contribution in [-0.4, -0.2) is 52.6 Å². The average molecular weight is 409 g/mol. The van der Waals surface area contributed by atoms with Crippen LogP contribution in [0.3, 0.4) is 0 Å². The minimum Gasteiger partial charge on any atom is -0.341 e. The van der Waals surface area contributed by atoms with Gasteiger partial charge in [-0.2, -0.15) is 13.2 Å². The minimum atomic E-state index is -4.40. The first-order chi connectivity index (χ1) is 13.4. The van der Waals surface area contributed by atoms with Crippen LogP contribution in [0.15, 0.2) is 53.7 Å². The van der Waals surface area contributed by atoms with Crippen molar-refractivity contribution < 1.29 is 18.0 Å². The molecule has 0 atom stereocenters. The molecule has 1 aromatic carbocycles. The first-order valence-electron chi connectivity index (χ1n) is 9.12. The van der Waals surface area contributed by atoms with E-state index in [2.05, 4.69) is 22.0 Å². The van der Waals surface area contributed by atoms with Gasteiger partial charge in [-0.25, -0.2) is 4.98 Å². The second kappa shape index (κ2) is 9.43. The molecule has 1 amide bonds. The zero-order valence-electron chi connectivity index (χ0n) is 15.4. The molecule has 150 valence electrons. The molecule has 28 heavy (non-hydrogen) atoms. The highest BCUT2D eigenvalue weighted by Gasteiger charge is 2.30. The van der Waals surface area contributed by atoms with Gasteiger partial charge < -0.3 is 4.90 Å². The van der Waals surface area contributed by atoms with Gasteiger partial charge in [-0.05, 0) is 24.1 Å². The third-order valence-corrected chi connectivity index (χ3v) is 5.53. The summed E-state index contributed by atoms with van der Waals surface area (Å²) in [6.07, 6.45) is -2.69. The summed E-state index contributed by atoms with van der Waals surface area (Å²) in [7, 11) is 0. The topological polar surface area (TPSA) is 36.4 Å². The number of pyridine rings is 1. The summed E-state index contributed by atoms with van der Waals surface area (Å²) in [4.78, 5) is 20.5. The molecule has 0 unspecified atom stereocenters. The molecule has 1 aliphatic rings. The predicted molar refractivity (Wildman–Crippen MR) is 103 cm³/mol. The lowest BCUT2D eigenvalue weighted by atomic mass is 10.2. The van der Waals surface area contributed by atoms with Crippen LogP contribution in [0, 0.1) is 0 Å². The van der Waals surface area contributed by atoms with Gasteiger partial charge in [0.15, 0.2) is 0 Å². The van der Waals surface area contributed by atoms with Crippen LogP contribution in [0.5, 0.6) is 0 Å². The summed E-state index contributed by atoms with van der Waals surface area (Å²) < 4.78 is 37.7. The van der Waals surface area contributed by atoms with Crippen molar-refractivity contribution in [1.29, 1.82) is 0 Å². The van der Waals surface area contributed by atoms with E-state index < -0.39 is 11.7 Å². The van der Waals surface area contributed by atoms with Gasteiger partial charge in [0.1, 0.15) is 0 Å². The number of rotatable bonds is 5. The van der Waals surface area contributed by atoms with Crippen molar-refractivity contribution in [2.45, 2.75) is 24.2 Å². The number of benzene rings is 1. The molecule has 1 aliphatic heterocycles. The third kappa shape index (κ3) is 5.97. The number of halogens is 3. The van der Waals surface area contributed by atoms with Crippen LogP contribution >= 0.6 is 11.8 Å². The van der Waals surface area contributed by atoms with E-state index in [1.165, 1.54) is 23.4 Å². The van der Waals surface area contributed by atoms with E-state index in [1.54, 1.807) is 0 Å². The molecule has 0 N–H and O–H groups in total. The van der Waals surface area contributed by atoms with Gasteiger partial charge >= 0.3 is 6.18 Å². The van der Waals surface area contributed by atoms with Crippen LogP contribution in [-0.2, 0) is 17.5 Å². The van der Waals surface area contributed by atoms with E-state index in [0.29, 0.717) is 18.1 Å². The molecule has 1 saturated heterocycles. The molecule has 2 aromatic rings. The summed E-state index contributed by atoms with van der Waals surface area (Å²) in [6, 6.07) is 12.5. The Labute approximate surface area is 166 Å². The maximum absolute atomic E-state index is 12.6. The predicted octanol–water partition coefficient (Wildman–Crippen LogP) is 3.93. The number of thioether (sulfide) groups is 1. The van der Waals surface area contributed by atoms with Crippen molar-refractivity contribution in [3.8, 4) is 0 Å². The summed E-state index contributed by atoms with van der Waals surface area (Å²) in [5.74, 6) is 0.171. The highest BCUT2D eigenvalue weighted by atomic mass is 32.2. The highest BCUT2D eigenvalue weighted by Crippen LogP contribution is 2.29. The van der Waals surface area contributed by atoms with Crippen LogP contribution in [0.4, 0.5) is 13.2 Å². The van der Waals surface area contributed by atoms with E-state index in [0.717, 1.165) is 38.3 Å². The molecule has 0 saturated carbocycles. The molecule has 1 fully saturated rings. The van der Waals surface area contributed by atoms with Gasteiger partial charge in [0.05, 0.1) is 16.3 Å². The fourth-order valence-corrected chi connectivity index (χ4v) is 3.83. The minimum absolute atomic E-state index is 0.00624. The summed E-state index contributed by atoms with van der Waals surface area (Å²) in [6.45, 7) is 3.97. The summed E-state index contributed by atoms with van der Waals surface area (Å²) >= 11 is 1.17. The van der Waals surface area contributed by atoms with Crippen molar-refractivity contribution in [1.82, 2.24) is 14.8 Å². The fraction of sp³-hybridized carbons (Fsp3) is 0.400. The second-order valence-corrected chi connectivity index (χ2v) is 7.66. The molecule has 3 rings (SSSR count). The number of carbonyl (C=O) groups excluding carboxylic acids is 1. The number of amides is 1. The Morgan fingerprint density at radius 1 is 1.04 bits per heavy atom. The van der Waals surface area contributed by atoms with Crippen LogP contribution < -0.4 is 0 Å². The Balaban J connectivity index is 1.47. The molecule has 0 spiro atoms. The maximum atomic E-state index is 12.6. The van der Waals surface area contributed by atoms with E-state index in [1.807, 2.05) is 23.1 Å². The molecule has 1 aromatic heterocycles. The standard InChI is InChI=1S/C20H22F3N3OS/c21-20(22,23)17-7-8-18(24-13-17)28-15-19(27)26-10-4-9-25(11-12-26)14-16-5-2-1-3-6-16/h1-3,5-8,13H,4,9-12,14-15H2. The zero-order chi connectivity index (χ0) is 20.0. The van der Waals surface area contributed by atoms with Crippen LogP contribution in [0.2, 0.25) is 0 Å². The molecule has 0 aliphatic carbocycles. The van der Waals surface area contributed by atoms with Gasteiger partial charge in [-0.3, -0.25) is 9.69 Å². The van der Waals surface area contributed by atoms with Gasteiger partial charge in [-0.15, -0.1) is 0 Å². The Morgan fingerprint density at radius 2 is 1.82 bits per heavy atom. The number of aromatic nitrogens is 1. The largest absolute Gasteiger partial charge is 0.417 e. The molecule has 4 nitrogen and oxygen atoms in total. The fourth-order valence-electron chi connectivity index (χ4n) is 3.08.